The van der Waals surface area contributed by atoms with E-state index in [4.69, 9.17) is 4.74 Å². The zero-order valence-corrected chi connectivity index (χ0v) is 11.7. The molecule has 0 heterocycles. The lowest BCUT2D eigenvalue weighted by molar-refractivity contribution is -0.0350. The van der Waals surface area contributed by atoms with E-state index in [1.165, 1.54) is 5.56 Å². The van der Waals surface area contributed by atoms with Crippen LogP contribution in [0.3, 0.4) is 0 Å². The Morgan fingerprint density at radius 1 is 1.18 bits per heavy atom. The van der Waals surface area contributed by atoms with E-state index in [1.54, 1.807) is 0 Å². The molecule has 0 saturated heterocycles. The number of likely N-dealkylation sites (N-methyl/N-ethyl adjacent to an activating group) is 1. The Labute approximate surface area is 105 Å². The van der Waals surface area contributed by atoms with Crippen molar-refractivity contribution in [3.05, 3.63) is 35.9 Å². The zero-order chi connectivity index (χ0) is 12.9. The third kappa shape index (κ3) is 3.83. The first-order valence-electron chi connectivity index (χ1n) is 6.34. The van der Waals surface area contributed by atoms with Gasteiger partial charge in [-0.25, -0.2) is 0 Å². The monoisotopic (exact) mass is 235 g/mol. The van der Waals surface area contributed by atoms with Crippen molar-refractivity contribution in [1.29, 1.82) is 0 Å². The van der Waals surface area contributed by atoms with Gasteiger partial charge in [0, 0.05) is 6.61 Å². The summed E-state index contributed by atoms with van der Waals surface area (Å²) in [6.07, 6.45) is 0.167. The van der Waals surface area contributed by atoms with Crippen LogP contribution >= 0.6 is 0 Å². The molecule has 0 bridgehead atoms. The van der Waals surface area contributed by atoms with Crippen LogP contribution in [0.15, 0.2) is 30.3 Å². The largest absolute Gasteiger partial charge is 0.376 e. The molecule has 96 valence electrons. The molecular weight excluding hydrogens is 210 g/mol. The average Bonchev–Trinajstić information content (AvgIpc) is 2.29. The van der Waals surface area contributed by atoms with E-state index in [-0.39, 0.29) is 17.6 Å². The lowest BCUT2D eigenvalue weighted by atomic mass is 9.82. The van der Waals surface area contributed by atoms with Gasteiger partial charge in [-0.1, -0.05) is 51.1 Å². The highest BCUT2D eigenvalue weighted by atomic mass is 16.5. The van der Waals surface area contributed by atoms with Gasteiger partial charge in [0.05, 0.1) is 12.1 Å². The summed E-state index contributed by atoms with van der Waals surface area (Å²) >= 11 is 0. The lowest BCUT2D eigenvalue weighted by Gasteiger charge is -2.37. The smallest absolute Gasteiger partial charge is 0.0817 e. The van der Waals surface area contributed by atoms with E-state index in [9.17, 15) is 0 Å². The molecule has 2 atom stereocenters. The van der Waals surface area contributed by atoms with Crippen LogP contribution in [0.2, 0.25) is 0 Å². The predicted molar refractivity (Wildman–Crippen MR) is 73.1 cm³/mol. The Balaban J connectivity index is 2.98. The summed E-state index contributed by atoms with van der Waals surface area (Å²) in [5.74, 6) is 0. The molecule has 0 amide bonds. The number of nitrogens with one attached hydrogen (secondary N) is 1. The first kappa shape index (κ1) is 14.2. The van der Waals surface area contributed by atoms with Crippen LogP contribution in [0.5, 0.6) is 0 Å². The van der Waals surface area contributed by atoms with Crippen LogP contribution < -0.4 is 5.32 Å². The molecule has 1 rings (SSSR count). The highest BCUT2D eigenvalue weighted by Gasteiger charge is 2.32. The minimum atomic E-state index is 0.111. The Morgan fingerprint density at radius 3 is 2.18 bits per heavy atom. The van der Waals surface area contributed by atoms with Crippen molar-refractivity contribution in [2.75, 3.05) is 13.7 Å². The molecule has 0 fully saturated rings. The topological polar surface area (TPSA) is 21.3 Å². The van der Waals surface area contributed by atoms with Crippen molar-refractivity contribution < 1.29 is 4.74 Å². The summed E-state index contributed by atoms with van der Waals surface area (Å²) < 4.78 is 5.95. The van der Waals surface area contributed by atoms with Gasteiger partial charge in [0.1, 0.15) is 0 Å². The summed E-state index contributed by atoms with van der Waals surface area (Å²) in [7, 11) is 2.00. The molecule has 0 aliphatic heterocycles. The maximum atomic E-state index is 5.95. The van der Waals surface area contributed by atoms with Crippen molar-refractivity contribution in [3.63, 3.8) is 0 Å². The standard InChI is InChI=1S/C15H25NO/c1-6-17-14(15(2,3)4)13(16-5)12-10-8-7-9-11-12/h7-11,13-14,16H,6H2,1-5H3. The molecular formula is C15H25NO. The van der Waals surface area contributed by atoms with Gasteiger partial charge in [-0.2, -0.15) is 0 Å². The molecule has 0 radical (unpaired) electrons. The molecule has 2 unspecified atom stereocenters. The van der Waals surface area contributed by atoms with Crippen molar-refractivity contribution in [2.45, 2.75) is 39.8 Å². The van der Waals surface area contributed by atoms with Gasteiger partial charge in [0.2, 0.25) is 0 Å². The number of ether oxygens (including phenoxy) is 1. The van der Waals surface area contributed by atoms with Gasteiger partial charge in [-0.3, -0.25) is 0 Å². The van der Waals surface area contributed by atoms with Gasteiger partial charge < -0.3 is 10.1 Å². The fraction of sp³-hybridized carbons (Fsp3) is 0.600. The van der Waals surface area contributed by atoms with Crippen molar-refractivity contribution >= 4 is 0 Å². The molecule has 1 aromatic carbocycles. The summed E-state index contributed by atoms with van der Waals surface area (Å²) in [5.41, 5.74) is 1.39. The number of hydrogen-bond donors (Lipinski definition) is 1. The summed E-state index contributed by atoms with van der Waals surface area (Å²) in [4.78, 5) is 0. The van der Waals surface area contributed by atoms with Gasteiger partial charge in [-0.15, -0.1) is 0 Å². The molecule has 17 heavy (non-hydrogen) atoms. The predicted octanol–water partition coefficient (Wildman–Crippen LogP) is 3.40. The molecule has 0 spiro atoms. The second-order valence-electron chi connectivity index (χ2n) is 5.42. The van der Waals surface area contributed by atoms with Gasteiger partial charge in [0.15, 0.2) is 0 Å². The van der Waals surface area contributed by atoms with Gasteiger partial charge in [-0.05, 0) is 24.9 Å². The first-order valence-corrected chi connectivity index (χ1v) is 6.34. The molecule has 0 aromatic heterocycles. The van der Waals surface area contributed by atoms with Crippen LogP contribution in [-0.2, 0) is 4.74 Å². The molecule has 2 heteroatoms. The SMILES string of the molecule is CCOC(C(NC)c1ccccc1)C(C)(C)C. The number of benzene rings is 1. The Morgan fingerprint density at radius 2 is 1.76 bits per heavy atom. The Bertz CT molecular complexity index is 315. The second kappa shape index (κ2) is 6.18. The number of rotatable bonds is 5. The van der Waals surface area contributed by atoms with E-state index in [2.05, 4.69) is 57.3 Å². The van der Waals surface area contributed by atoms with Gasteiger partial charge >= 0.3 is 0 Å². The fourth-order valence-electron chi connectivity index (χ4n) is 2.18. The van der Waals surface area contributed by atoms with Crippen LogP contribution in [0.25, 0.3) is 0 Å². The summed E-state index contributed by atoms with van der Waals surface area (Å²) in [6.45, 7) is 9.46. The number of hydrogen-bond acceptors (Lipinski definition) is 2. The summed E-state index contributed by atoms with van der Waals surface area (Å²) in [5, 5.41) is 3.38. The molecule has 1 N–H and O–H groups in total. The maximum Gasteiger partial charge on any atom is 0.0817 e. The molecule has 0 saturated carbocycles. The van der Waals surface area contributed by atoms with Crippen LogP contribution in [0.4, 0.5) is 0 Å². The summed E-state index contributed by atoms with van der Waals surface area (Å²) in [6, 6.07) is 10.7. The van der Waals surface area contributed by atoms with Crippen LogP contribution in [-0.4, -0.2) is 19.8 Å². The lowest BCUT2D eigenvalue weighted by Crippen LogP contribution is -2.40. The van der Waals surface area contributed by atoms with Gasteiger partial charge in [0.25, 0.3) is 0 Å². The van der Waals surface area contributed by atoms with Crippen molar-refractivity contribution in [1.82, 2.24) is 5.32 Å². The highest BCUT2D eigenvalue weighted by Crippen LogP contribution is 2.32. The molecule has 0 aliphatic carbocycles. The van der Waals surface area contributed by atoms with Crippen molar-refractivity contribution in [2.24, 2.45) is 5.41 Å². The first-order chi connectivity index (χ1) is 8.00. The maximum absolute atomic E-state index is 5.95. The molecule has 2 nitrogen and oxygen atoms in total. The van der Waals surface area contributed by atoms with E-state index >= 15 is 0 Å². The van der Waals surface area contributed by atoms with E-state index in [0.717, 1.165) is 6.61 Å². The molecule has 1 aromatic rings. The third-order valence-corrected chi connectivity index (χ3v) is 2.97. The van der Waals surface area contributed by atoms with E-state index in [0.29, 0.717) is 0 Å². The minimum Gasteiger partial charge on any atom is -0.376 e. The molecule has 0 aliphatic rings. The Kier molecular flexibility index (Phi) is 5.16. The van der Waals surface area contributed by atoms with E-state index < -0.39 is 0 Å². The Hall–Kier alpha value is -0.860. The zero-order valence-electron chi connectivity index (χ0n) is 11.7. The van der Waals surface area contributed by atoms with Crippen LogP contribution in [0.1, 0.15) is 39.3 Å². The normalized spacial score (nSPS) is 15.6. The third-order valence-electron chi connectivity index (χ3n) is 2.97. The average molecular weight is 235 g/mol. The van der Waals surface area contributed by atoms with Crippen molar-refractivity contribution in [3.8, 4) is 0 Å². The van der Waals surface area contributed by atoms with Crippen LogP contribution in [0, 0.1) is 5.41 Å². The second-order valence-corrected chi connectivity index (χ2v) is 5.42. The quantitative estimate of drug-likeness (QED) is 0.844. The highest BCUT2D eigenvalue weighted by molar-refractivity contribution is 5.20. The van der Waals surface area contributed by atoms with E-state index in [1.807, 2.05) is 13.1 Å². The minimum absolute atomic E-state index is 0.111. The fourth-order valence-corrected chi connectivity index (χ4v) is 2.18.